The summed E-state index contributed by atoms with van der Waals surface area (Å²) in [6.45, 7) is 0. The number of fused-ring (bicyclic) bond motifs is 3. The first-order valence-electron chi connectivity index (χ1n) is 6.57. The van der Waals surface area contributed by atoms with E-state index in [-0.39, 0.29) is 0 Å². The van der Waals surface area contributed by atoms with E-state index in [1.165, 1.54) is 30.0 Å². The van der Waals surface area contributed by atoms with Crippen molar-refractivity contribution < 1.29 is 0 Å². The molecule has 84 valence electrons. The Kier molecular flexibility index (Phi) is 1.93. The van der Waals surface area contributed by atoms with Gasteiger partial charge in [-0.1, -0.05) is 54.1 Å². The maximum absolute atomic E-state index is 2.46. The summed E-state index contributed by atoms with van der Waals surface area (Å²) in [5.74, 6) is 1.66. The monoisotopic (exact) mass is 220 g/mol. The van der Waals surface area contributed by atoms with E-state index in [1.54, 1.807) is 11.1 Å². The zero-order chi connectivity index (χ0) is 11.2. The molecule has 2 aliphatic carbocycles. The van der Waals surface area contributed by atoms with Crippen LogP contribution >= 0.6 is 0 Å². The van der Waals surface area contributed by atoms with E-state index in [1.807, 2.05) is 0 Å². The predicted octanol–water partition coefficient (Wildman–Crippen LogP) is 4.66. The fourth-order valence-electron chi connectivity index (χ4n) is 3.68. The fourth-order valence-corrected chi connectivity index (χ4v) is 3.68. The highest BCUT2D eigenvalue weighted by molar-refractivity contribution is 5.86. The Morgan fingerprint density at radius 3 is 2.59 bits per heavy atom. The van der Waals surface area contributed by atoms with Crippen LogP contribution in [0.25, 0.3) is 10.8 Å². The van der Waals surface area contributed by atoms with Crippen LogP contribution in [0.15, 0.2) is 54.1 Å². The van der Waals surface area contributed by atoms with Gasteiger partial charge in [-0.2, -0.15) is 0 Å². The van der Waals surface area contributed by atoms with Crippen molar-refractivity contribution in [2.75, 3.05) is 0 Å². The van der Waals surface area contributed by atoms with E-state index in [0.717, 1.165) is 11.8 Å². The molecule has 1 fully saturated rings. The van der Waals surface area contributed by atoms with Crippen molar-refractivity contribution in [1.29, 1.82) is 0 Å². The van der Waals surface area contributed by atoms with Crippen LogP contribution in [0.5, 0.6) is 0 Å². The van der Waals surface area contributed by atoms with Crippen molar-refractivity contribution in [3.05, 3.63) is 59.7 Å². The molecule has 0 nitrogen and oxygen atoms in total. The molecule has 0 heteroatoms. The Morgan fingerprint density at radius 2 is 1.76 bits per heavy atom. The van der Waals surface area contributed by atoms with E-state index < -0.39 is 0 Å². The summed E-state index contributed by atoms with van der Waals surface area (Å²) in [5.41, 5.74) is 3.28. The number of benzene rings is 2. The third-order valence-corrected chi connectivity index (χ3v) is 4.51. The Morgan fingerprint density at radius 1 is 0.882 bits per heavy atom. The lowest BCUT2D eigenvalue weighted by atomic mass is 9.83. The highest BCUT2D eigenvalue weighted by Crippen LogP contribution is 2.50. The molecule has 4 rings (SSSR count). The number of rotatable bonds is 1. The van der Waals surface area contributed by atoms with E-state index in [2.05, 4.69) is 48.5 Å². The van der Waals surface area contributed by atoms with Gasteiger partial charge < -0.3 is 0 Å². The molecule has 0 saturated heterocycles. The van der Waals surface area contributed by atoms with Gasteiger partial charge in [0.2, 0.25) is 0 Å². The molecule has 0 spiro atoms. The first-order valence-corrected chi connectivity index (χ1v) is 6.57. The third-order valence-electron chi connectivity index (χ3n) is 4.51. The molecule has 0 radical (unpaired) electrons. The standard InChI is InChI=1S/C17H16/c1-2-6-15-13(4-1)5-3-7-16(15)17-11-12-8-9-14(17)10-12/h1-8,14,17H,9-11H2. The Hall–Kier alpha value is -1.56. The minimum absolute atomic E-state index is 0.779. The summed E-state index contributed by atoms with van der Waals surface area (Å²) in [5, 5.41) is 2.86. The highest BCUT2D eigenvalue weighted by Gasteiger charge is 2.35. The Bertz CT molecular complexity index is 601. The van der Waals surface area contributed by atoms with Gasteiger partial charge >= 0.3 is 0 Å². The zero-order valence-corrected chi connectivity index (χ0v) is 9.89. The lowest BCUT2D eigenvalue weighted by molar-refractivity contribution is 0.499. The van der Waals surface area contributed by atoms with Crippen molar-refractivity contribution in [3.8, 4) is 0 Å². The first kappa shape index (κ1) is 9.47. The second kappa shape index (κ2) is 3.46. The maximum Gasteiger partial charge on any atom is -0.00842 e. The van der Waals surface area contributed by atoms with Crippen molar-refractivity contribution >= 4 is 10.8 Å². The summed E-state index contributed by atoms with van der Waals surface area (Å²) in [7, 11) is 0. The highest BCUT2D eigenvalue weighted by atomic mass is 14.4. The van der Waals surface area contributed by atoms with Gasteiger partial charge in [0.25, 0.3) is 0 Å². The van der Waals surface area contributed by atoms with Crippen molar-refractivity contribution in [2.45, 2.75) is 25.2 Å². The zero-order valence-electron chi connectivity index (χ0n) is 9.89. The number of hydrogen-bond donors (Lipinski definition) is 0. The third kappa shape index (κ3) is 1.37. The van der Waals surface area contributed by atoms with Gasteiger partial charge in [-0.05, 0) is 47.4 Å². The average molecular weight is 220 g/mol. The van der Waals surface area contributed by atoms with Crippen LogP contribution in [0, 0.1) is 5.92 Å². The molecule has 2 aromatic rings. The van der Waals surface area contributed by atoms with E-state index in [9.17, 15) is 0 Å². The number of allylic oxidation sites excluding steroid dienone is 2. The van der Waals surface area contributed by atoms with E-state index in [4.69, 9.17) is 0 Å². The van der Waals surface area contributed by atoms with Gasteiger partial charge in [0, 0.05) is 0 Å². The van der Waals surface area contributed by atoms with E-state index >= 15 is 0 Å². The largest absolute Gasteiger partial charge is 0.0850 e. The lowest BCUT2D eigenvalue weighted by Gasteiger charge is -2.21. The molecular formula is C17H16. The molecule has 1 saturated carbocycles. The molecule has 2 aliphatic rings. The van der Waals surface area contributed by atoms with Crippen molar-refractivity contribution in [1.82, 2.24) is 0 Å². The predicted molar refractivity (Wildman–Crippen MR) is 72.1 cm³/mol. The molecule has 0 aliphatic heterocycles. The van der Waals surface area contributed by atoms with Crippen LogP contribution in [0.3, 0.4) is 0 Å². The van der Waals surface area contributed by atoms with Gasteiger partial charge in [-0.3, -0.25) is 0 Å². The molecule has 2 aromatic carbocycles. The van der Waals surface area contributed by atoms with Crippen LogP contribution in [-0.2, 0) is 0 Å². The van der Waals surface area contributed by atoms with Gasteiger partial charge in [-0.25, -0.2) is 0 Å². The van der Waals surface area contributed by atoms with Gasteiger partial charge in [0.05, 0.1) is 0 Å². The minimum atomic E-state index is 0.779. The SMILES string of the molecule is C1=C2CC(C1)C(c1cccc3ccccc13)C2. The second-order valence-electron chi connectivity index (χ2n) is 5.44. The Labute approximate surface area is 102 Å². The minimum Gasteiger partial charge on any atom is -0.0850 e. The summed E-state index contributed by atoms with van der Waals surface area (Å²) < 4.78 is 0. The summed E-state index contributed by atoms with van der Waals surface area (Å²) in [6.07, 6.45) is 6.43. The van der Waals surface area contributed by atoms with Gasteiger partial charge in [0.15, 0.2) is 0 Å². The number of hydrogen-bond acceptors (Lipinski definition) is 0. The van der Waals surface area contributed by atoms with E-state index in [0.29, 0.717) is 0 Å². The smallest absolute Gasteiger partial charge is 0.00842 e. The normalized spacial score (nSPS) is 26.5. The summed E-state index contributed by atoms with van der Waals surface area (Å²) in [6, 6.07) is 15.6. The van der Waals surface area contributed by atoms with Gasteiger partial charge in [0.1, 0.15) is 0 Å². The fraction of sp³-hybridized carbons (Fsp3) is 0.294. The molecule has 2 unspecified atom stereocenters. The van der Waals surface area contributed by atoms with Crippen LogP contribution < -0.4 is 0 Å². The molecule has 0 aromatic heterocycles. The summed E-state index contributed by atoms with van der Waals surface area (Å²) in [4.78, 5) is 0. The molecule has 0 amide bonds. The van der Waals surface area contributed by atoms with Crippen molar-refractivity contribution in [2.24, 2.45) is 5.92 Å². The molecule has 17 heavy (non-hydrogen) atoms. The van der Waals surface area contributed by atoms with Crippen molar-refractivity contribution in [3.63, 3.8) is 0 Å². The Balaban J connectivity index is 1.89. The second-order valence-corrected chi connectivity index (χ2v) is 5.44. The molecule has 0 heterocycles. The quantitative estimate of drug-likeness (QED) is 0.613. The molecular weight excluding hydrogens is 204 g/mol. The molecule has 0 N–H and O–H groups in total. The van der Waals surface area contributed by atoms with Crippen LogP contribution in [0.4, 0.5) is 0 Å². The maximum atomic E-state index is 2.46. The lowest BCUT2D eigenvalue weighted by Crippen LogP contribution is -2.06. The topological polar surface area (TPSA) is 0 Å². The van der Waals surface area contributed by atoms with Crippen LogP contribution in [-0.4, -0.2) is 0 Å². The molecule has 2 atom stereocenters. The first-order chi connectivity index (χ1) is 8.42. The summed E-state index contributed by atoms with van der Waals surface area (Å²) >= 11 is 0. The average Bonchev–Trinajstić information content (AvgIpc) is 3.00. The molecule has 2 bridgehead atoms. The van der Waals surface area contributed by atoms with Crippen LogP contribution in [0.2, 0.25) is 0 Å². The van der Waals surface area contributed by atoms with Gasteiger partial charge in [-0.15, -0.1) is 0 Å². The van der Waals surface area contributed by atoms with Crippen LogP contribution in [0.1, 0.15) is 30.7 Å².